The molecule has 0 saturated heterocycles. The Balaban J connectivity index is 1.55. The van der Waals surface area contributed by atoms with Crippen LogP contribution >= 0.6 is 0 Å². The predicted octanol–water partition coefficient (Wildman–Crippen LogP) is 5.56. The van der Waals surface area contributed by atoms with Gasteiger partial charge in [-0.3, -0.25) is 5.10 Å². The highest BCUT2D eigenvalue weighted by molar-refractivity contribution is 5.70. The lowest BCUT2D eigenvalue weighted by molar-refractivity contribution is -0.137. The van der Waals surface area contributed by atoms with Gasteiger partial charge in [0.05, 0.1) is 16.5 Å². The number of nitrogens with zero attached hydrogens (tertiary/aromatic N) is 2. The molecule has 2 heterocycles. The largest absolute Gasteiger partial charge is 0.444 e. The van der Waals surface area contributed by atoms with E-state index in [4.69, 9.17) is 15.2 Å². The second-order valence-corrected chi connectivity index (χ2v) is 12.7. The molecule has 8 nitrogen and oxygen atoms in total. The van der Waals surface area contributed by atoms with Gasteiger partial charge in [0.15, 0.2) is 0 Å². The van der Waals surface area contributed by atoms with Crippen molar-refractivity contribution in [1.82, 2.24) is 15.5 Å². The highest BCUT2D eigenvalue weighted by atomic mass is 19.4. The van der Waals surface area contributed by atoms with Crippen molar-refractivity contribution in [3.05, 3.63) is 57.6 Å². The molecule has 216 valence electrons. The van der Waals surface area contributed by atoms with E-state index in [2.05, 4.69) is 33.4 Å². The maximum absolute atomic E-state index is 14.2. The predicted molar refractivity (Wildman–Crippen MR) is 143 cm³/mol. The third-order valence-electron chi connectivity index (χ3n) is 8.12. The Morgan fingerprint density at radius 2 is 1.88 bits per heavy atom. The summed E-state index contributed by atoms with van der Waals surface area (Å²) >= 11 is 0. The summed E-state index contributed by atoms with van der Waals surface area (Å²) in [6.45, 7) is 10.7. The van der Waals surface area contributed by atoms with Crippen molar-refractivity contribution >= 4 is 6.09 Å². The van der Waals surface area contributed by atoms with Gasteiger partial charge in [-0.25, -0.2) is 4.79 Å². The first-order chi connectivity index (χ1) is 18.9. The number of ether oxygens (including phenoxy) is 2. The van der Waals surface area contributed by atoms with E-state index < -0.39 is 34.8 Å². The van der Waals surface area contributed by atoms with Crippen LogP contribution in [0.1, 0.15) is 81.8 Å². The molecule has 0 spiro atoms. The van der Waals surface area contributed by atoms with Gasteiger partial charge >= 0.3 is 12.3 Å². The number of nitriles is 1. The number of alkyl carbamates (subject to hydrolysis) is 1. The van der Waals surface area contributed by atoms with Crippen molar-refractivity contribution in [3.63, 3.8) is 0 Å². The Kier molecular flexibility index (Phi) is 6.19. The van der Waals surface area contributed by atoms with Crippen molar-refractivity contribution in [2.24, 2.45) is 17.1 Å². The number of fused-ring (bicyclic) bond motifs is 1. The molecular formula is C30H32F3N5O3. The van der Waals surface area contributed by atoms with Crippen molar-refractivity contribution < 1.29 is 27.4 Å². The fraction of sp³-hybridized carbons (Fsp3) is 0.500. The molecule has 1 aromatic carbocycles. The molecule has 2 bridgehead atoms. The first-order valence-electron chi connectivity index (χ1n) is 13.3. The number of nitrogens with one attached hydrogen (secondary N) is 2. The lowest BCUT2D eigenvalue weighted by Gasteiger charge is -2.67. The Hall–Kier alpha value is -4.12. The molecule has 3 fully saturated rings. The molecule has 4 aliphatic rings. The summed E-state index contributed by atoms with van der Waals surface area (Å²) < 4.78 is 53.6. The zero-order valence-corrected chi connectivity index (χ0v) is 23.8. The molecule has 1 atom stereocenters. The SMILES string of the molecule is Cc1[nH]nc2c1C(c1cc(C#CC34CC(NC(=O)OC(C)(C)C)(C3)C4)cc(C(F)(F)F)c1)(C(C)C)C(C#N)=C(N)O2. The number of nitrogens with two attached hydrogens (primary N) is 1. The van der Waals surface area contributed by atoms with Gasteiger partial charge in [-0.1, -0.05) is 25.7 Å². The number of carbonyl (C=O) groups excluding carboxylic acids is 1. The lowest BCUT2D eigenvalue weighted by atomic mass is 9.40. The fourth-order valence-corrected chi connectivity index (χ4v) is 6.63. The first kappa shape index (κ1) is 28.4. The van der Waals surface area contributed by atoms with Crippen LogP contribution in [0, 0.1) is 41.4 Å². The van der Waals surface area contributed by atoms with E-state index in [9.17, 15) is 23.2 Å². The van der Waals surface area contributed by atoms with Crippen LogP contribution < -0.4 is 15.8 Å². The summed E-state index contributed by atoms with van der Waals surface area (Å²) in [5, 5.41) is 20.1. The molecule has 0 radical (unpaired) electrons. The normalized spacial score (nSPS) is 26.5. The van der Waals surface area contributed by atoms with Crippen LogP contribution in [0.2, 0.25) is 0 Å². The number of aromatic amines is 1. The molecule has 3 saturated carbocycles. The Morgan fingerprint density at radius 1 is 1.22 bits per heavy atom. The van der Waals surface area contributed by atoms with Gasteiger partial charge in [-0.05, 0) is 76.6 Å². The van der Waals surface area contributed by atoms with Crippen LogP contribution in [-0.4, -0.2) is 27.4 Å². The van der Waals surface area contributed by atoms with E-state index in [0.717, 1.165) is 12.1 Å². The van der Waals surface area contributed by atoms with Crippen molar-refractivity contribution in [2.75, 3.05) is 0 Å². The molecule has 1 unspecified atom stereocenters. The minimum absolute atomic E-state index is 0.0114. The Bertz CT molecular complexity index is 1560. The topological polar surface area (TPSA) is 126 Å². The molecule has 4 N–H and O–H groups in total. The minimum Gasteiger partial charge on any atom is -0.444 e. The molecule has 11 heteroatoms. The number of amides is 1. The van der Waals surface area contributed by atoms with Gasteiger partial charge in [-0.15, -0.1) is 5.10 Å². The Morgan fingerprint density at radius 3 is 2.44 bits per heavy atom. The van der Waals surface area contributed by atoms with Crippen LogP contribution in [0.5, 0.6) is 5.88 Å². The molecule has 1 amide bonds. The Labute approximate surface area is 236 Å². The zero-order chi connectivity index (χ0) is 30.2. The highest BCUT2D eigenvalue weighted by Crippen LogP contribution is 2.67. The van der Waals surface area contributed by atoms with E-state index in [-0.39, 0.29) is 39.4 Å². The summed E-state index contributed by atoms with van der Waals surface area (Å²) in [5.41, 5.74) is 3.92. The molecular weight excluding hydrogens is 535 g/mol. The molecule has 2 aromatic rings. The number of aromatic nitrogens is 2. The van der Waals surface area contributed by atoms with E-state index in [1.807, 2.05) is 13.8 Å². The van der Waals surface area contributed by atoms with Gasteiger partial charge in [0, 0.05) is 22.2 Å². The number of benzene rings is 1. The zero-order valence-electron chi connectivity index (χ0n) is 23.8. The van der Waals surface area contributed by atoms with Gasteiger partial charge in [0.2, 0.25) is 11.8 Å². The van der Waals surface area contributed by atoms with Crippen molar-refractivity contribution in [3.8, 4) is 23.8 Å². The molecule has 41 heavy (non-hydrogen) atoms. The summed E-state index contributed by atoms with van der Waals surface area (Å²) in [6, 6.07) is 5.77. The minimum atomic E-state index is -4.66. The van der Waals surface area contributed by atoms with Gasteiger partial charge in [0.1, 0.15) is 17.2 Å². The fourth-order valence-electron chi connectivity index (χ4n) is 6.63. The maximum atomic E-state index is 14.2. The average molecular weight is 568 g/mol. The molecule has 3 aliphatic carbocycles. The number of rotatable bonds is 3. The summed E-state index contributed by atoms with van der Waals surface area (Å²) in [7, 11) is 0. The number of carbonyl (C=O) groups is 1. The number of hydrogen-bond acceptors (Lipinski definition) is 6. The monoisotopic (exact) mass is 567 g/mol. The highest BCUT2D eigenvalue weighted by Gasteiger charge is 2.68. The molecule has 6 rings (SSSR count). The van der Waals surface area contributed by atoms with Crippen molar-refractivity contribution in [1.29, 1.82) is 5.26 Å². The summed E-state index contributed by atoms with van der Waals surface area (Å²) in [6.07, 6.45) is -3.36. The number of halogens is 3. The standard InChI is InChI=1S/C30H32F3N5O3/c1-16(2)29(21(12-34)23(35)40-24-22(29)17(3)37-38-24)19-9-18(10-20(11-19)30(31,32)33)7-8-27-13-28(14-27,15-27)36-25(39)41-26(4,5)6/h9-11,16H,13-15,35H2,1-6H3,(H,36,39)(H,37,38). The third-order valence-corrected chi connectivity index (χ3v) is 8.12. The molecule has 1 aliphatic heterocycles. The number of H-pyrrole nitrogens is 1. The summed E-state index contributed by atoms with van der Waals surface area (Å²) in [4.78, 5) is 12.2. The van der Waals surface area contributed by atoms with Gasteiger partial charge in [0.25, 0.3) is 0 Å². The maximum Gasteiger partial charge on any atom is 0.416 e. The van der Waals surface area contributed by atoms with Crippen LogP contribution in [0.25, 0.3) is 0 Å². The number of hydrogen-bond donors (Lipinski definition) is 3. The first-order valence-corrected chi connectivity index (χ1v) is 13.3. The van der Waals surface area contributed by atoms with E-state index in [1.54, 1.807) is 33.8 Å². The smallest absolute Gasteiger partial charge is 0.416 e. The van der Waals surface area contributed by atoms with E-state index in [0.29, 0.717) is 30.5 Å². The number of alkyl halides is 3. The quantitative estimate of drug-likeness (QED) is 0.417. The van der Waals surface area contributed by atoms with Crippen molar-refractivity contribution in [2.45, 2.75) is 83.5 Å². The van der Waals surface area contributed by atoms with Gasteiger partial charge < -0.3 is 20.5 Å². The summed E-state index contributed by atoms with van der Waals surface area (Å²) in [5.74, 6) is 5.67. The average Bonchev–Trinajstić information content (AvgIpc) is 3.16. The number of aryl methyl sites for hydroxylation is 1. The number of allylic oxidation sites excluding steroid dienone is 1. The van der Waals surface area contributed by atoms with Crippen LogP contribution in [-0.2, 0) is 16.3 Å². The third kappa shape index (κ3) is 4.57. The van der Waals surface area contributed by atoms with E-state index in [1.165, 1.54) is 0 Å². The van der Waals surface area contributed by atoms with Crippen LogP contribution in [0.4, 0.5) is 18.0 Å². The van der Waals surface area contributed by atoms with Crippen LogP contribution in [0.3, 0.4) is 0 Å². The van der Waals surface area contributed by atoms with Gasteiger partial charge in [-0.2, -0.15) is 18.4 Å². The van der Waals surface area contributed by atoms with E-state index >= 15 is 0 Å². The lowest BCUT2D eigenvalue weighted by Crippen LogP contribution is -2.74. The van der Waals surface area contributed by atoms with Crippen LogP contribution in [0.15, 0.2) is 29.7 Å². The second-order valence-electron chi connectivity index (χ2n) is 12.7. The molecule has 1 aromatic heterocycles. The second kappa shape index (κ2) is 8.94.